The lowest BCUT2D eigenvalue weighted by atomic mass is 10.0. The lowest BCUT2D eigenvalue weighted by molar-refractivity contribution is -0.274. The lowest BCUT2D eigenvalue weighted by Gasteiger charge is -2.13. The van der Waals surface area contributed by atoms with E-state index in [0.29, 0.717) is 17.2 Å². The molecule has 0 amide bonds. The fourth-order valence-corrected chi connectivity index (χ4v) is 3.00. The molecular weight excluding hydrogens is 375 g/mol. The molecule has 0 aliphatic carbocycles. The van der Waals surface area contributed by atoms with Gasteiger partial charge in [-0.2, -0.15) is 0 Å². The van der Waals surface area contributed by atoms with Crippen LogP contribution in [0.2, 0.25) is 0 Å². The number of fused-ring (bicyclic) bond motifs is 1. The van der Waals surface area contributed by atoms with Gasteiger partial charge >= 0.3 is 6.36 Å². The number of aryl methyl sites for hydroxylation is 1. The van der Waals surface area contributed by atoms with Crippen LogP contribution in [0.4, 0.5) is 13.2 Å². The molecule has 0 N–H and O–H groups in total. The molecule has 2 heterocycles. The number of ether oxygens (including phenoxy) is 3. The summed E-state index contributed by atoms with van der Waals surface area (Å²) in [5.74, 6) is 0.908. The SMILES string of the molecule is Cc1cc(=O)n(-c2ccc(OC(F)(F)F)cc2)cc1-c1ccc2c(c1)OCO2. The van der Waals surface area contributed by atoms with E-state index in [1.165, 1.54) is 22.8 Å². The molecule has 28 heavy (non-hydrogen) atoms. The molecule has 0 bridgehead atoms. The first-order valence-electron chi connectivity index (χ1n) is 8.30. The maximum absolute atomic E-state index is 12.4. The highest BCUT2D eigenvalue weighted by Gasteiger charge is 2.31. The van der Waals surface area contributed by atoms with Crippen LogP contribution in [0.5, 0.6) is 17.2 Å². The molecule has 4 rings (SSSR count). The molecule has 0 atom stereocenters. The highest BCUT2D eigenvalue weighted by Crippen LogP contribution is 2.36. The predicted octanol–water partition coefficient (Wildman–Crippen LogP) is 4.44. The maximum Gasteiger partial charge on any atom is 0.573 e. The molecule has 0 unspecified atom stereocenters. The first-order chi connectivity index (χ1) is 13.3. The van der Waals surface area contributed by atoms with Gasteiger partial charge in [-0.05, 0) is 54.4 Å². The Kier molecular flexibility index (Phi) is 4.26. The van der Waals surface area contributed by atoms with E-state index >= 15 is 0 Å². The summed E-state index contributed by atoms with van der Waals surface area (Å²) in [6, 6.07) is 12.0. The van der Waals surface area contributed by atoms with E-state index in [0.717, 1.165) is 28.8 Å². The lowest BCUT2D eigenvalue weighted by Crippen LogP contribution is -2.19. The van der Waals surface area contributed by atoms with Gasteiger partial charge in [0.25, 0.3) is 5.56 Å². The molecule has 1 aromatic heterocycles. The second kappa shape index (κ2) is 6.63. The number of hydrogen-bond donors (Lipinski definition) is 0. The van der Waals surface area contributed by atoms with Gasteiger partial charge in [0.05, 0.1) is 0 Å². The van der Waals surface area contributed by atoms with E-state index in [2.05, 4.69) is 4.74 Å². The third kappa shape index (κ3) is 3.53. The molecule has 0 saturated heterocycles. The van der Waals surface area contributed by atoms with E-state index in [4.69, 9.17) is 9.47 Å². The van der Waals surface area contributed by atoms with Gasteiger partial charge in [-0.3, -0.25) is 9.36 Å². The van der Waals surface area contributed by atoms with Gasteiger partial charge in [-0.25, -0.2) is 0 Å². The van der Waals surface area contributed by atoms with Crippen molar-refractivity contribution in [3.8, 4) is 34.1 Å². The molecule has 3 aromatic rings. The number of rotatable bonds is 3. The van der Waals surface area contributed by atoms with Crippen LogP contribution in [0, 0.1) is 6.92 Å². The number of halogens is 3. The van der Waals surface area contributed by atoms with Crippen molar-refractivity contribution in [2.75, 3.05) is 6.79 Å². The number of nitrogens with zero attached hydrogens (tertiary/aromatic N) is 1. The Bertz CT molecular complexity index is 1090. The number of benzene rings is 2. The third-order valence-corrected chi connectivity index (χ3v) is 4.29. The van der Waals surface area contributed by atoms with Gasteiger partial charge in [0.1, 0.15) is 5.75 Å². The summed E-state index contributed by atoms with van der Waals surface area (Å²) in [4.78, 5) is 12.4. The summed E-state index contributed by atoms with van der Waals surface area (Å²) in [5.41, 5.74) is 2.49. The van der Waals surface area contributed by atoms with Crippen LogP contribution in [0.1, 0.15) is 5.56 Å². The number of aromatic nitrogens is 1. The number of hydrogen-bond acceptors (Lipinski definition) is 4. The van der Waals surface area contributed by atoms with Crippen molar-refractivity contribution in [2.24, 2.45) is 0 Å². The van der Waals surface area contributed by atoms with Crippen LogP contribution < -0.4 is 19.8 Å². The summed E-state index contributed by atoms with van der Waals surface area (Å²) in [6.07, 6.45) is -3.12. The molecule has 1 aliphatic rings. The largest absolute Gasteiger partial charge is 0.573 e. The van der Waals surface area contributed by atoms with Crippen molar-refractivity contribution in [1.29, 1.82) is 0 Å². The minimum Gasteiger partial charge on any atom is -0.454 e. The minimum atomic E-state index is -4.77. The molecule has 5 nitrogen and oxygen atoms in total. The highest BCUT2D eigenvalue weighted by molar-refractivity contribution is 5.70. The zero-order valence-corrected chi connectivity index (χ0v) is 14.6. The second-order valence-corrected chi connectivity index (χ2v) is 6.19. The van der Waals surface area contributed by atoms with Crippen molar-refractivity contribution >= 4 is 0 Å². The molecule has 0 spiro atoms. The monoisotopic (exact) mass is 389 g/mol. The zero-order chi connectivity index (χ0) is 19.9. The van der Waals surface area contributed by atoms with E-state index < -0.39 is 6.36 Å². The van der Waals surface area contributed by atoms with Crippen LogP contribution in [0.3, 0.4) is 0 Å². The van der Waals surface area contributed by atoms with E-state index in [1.54, 1.807) is 12.3 Å². The predicted molar refractivity (Wildman–Crippen MR) is 95.0 cm³/mol. The smallest absolute Gasteiger partial charge is 0.454 e. The summed E-state index contributed by atoms with van der Waals surface area (Å²) < 4.78 is 52.9. The normalized spacial score (nSPS) is 12.9. The first-order valence-corrected chi connectivity index (χ1v) is 8.30. The summed E-state index contributed by atoms with van der Waals surface area (Å²) in [7, 11) is 0. The van der Waals surface area contributed by atoms with E-state index in [-0.39, 0.29) is 18.1 Å². The molecular formula is C20H14F3NO4. The van der Waals surface area contributed by atoms with Crippen LogP contribution >= 0.6 is 0 Å². The Morgan fingerprint density at radius 2 is 1.71 bits per heavy atom. The third-order valence-electron chi connectivity index (χ3n) is 4.29. The molecule has 2 aromatic carbocycles. The van der Waals surface area contributed by atoms with Gasteiger partial charge in [-0.15, -0.1) is 13.2 Å². The van der Waals surface area contributed by atoms with E-state index in [1.807, 2.05) is 19.1 Å². The quantitative estimate of drug-likeness (QED) is 0.665. The average molecular weight is 389 g/mol. The van der Waals surface area contributed by atoms with Gasteiger partial charge in [0.2, 0.25) is 6.79 Å². The average Bonchev–Trinajstić information content (AvgIpc) is 3.09. The van der Waals surface area contributed by atoms with Crippen LogP contribution in [-0.2, 0) is 0 Å². The fraction of sp³-hybridized carbons (Fsp3) is 0.150. The summed E-state index contributed by atoms with van der Waals surface area (Å²) >= 11 is 0. The standard InChI is InChI=1S/C20H14F3NO4/c1-12-8-19(25)24(14-3-5-15(6-4-14)28-20(21,22)23)10-16(12)13-2-7-17-18(9-13)27-11-26-17/h2-10H,11H2,1H3. The Balaban J connectivity index is 1.73. The van der Waals surface area contributed by atoms with Crippen LogP contribution in [0.15, 0.2) is 59.5 Å². The van der Waals surface area contributed by atoms with Crippen molar-refractivity contribution in [2.45, 2.75) is 13.3 Å². The van der Waals surface area contributed by atoms with Gasteiger partial charge in [0.15, 0.2) is 11.5 Å². The molecule has 0 saturated carbocycles. The molecule has 144 valence electrons. The minimum absolute atomic E-state index is 0.156. The van der Waals surface area contributed by atoms with Crippen LogP contribution in [-0.4, -0.2) is 17.7 Å². The van der Waals surface area contributed by atoms with E-state index in [9.17, 15) is 18.0 Å². The molecule has 0 fully saturated rings. The molecule has 0 radical (unpaired) electrons. The van der Waals surface area contributed by atoms with Crippen LogP contribution in [0.25, 0.3) is 16.8 Å². The van der Waals surface area contributed by atoms with Crippen molar-refractivity contribution in [1.82, 2.24) is 4.57 Å². The van der Waals surface area contributed by atoms with Crippen molar-refractivity contribution in [3.63, 3.8) is 0 Å². The number of pyridine rings is 1. The number of alkyl halides is 3. The highest BCUT2D eigenvalue weighted by atomic mass is 19.4. The van der Waals surface area contributed by atoms with Gasteiger partial charge in [0, 0.05) is 23.5 Å². The Morgan fingerprint density at radius 1 is 1.00 bits per heavy atom. The van der Waals surface area contributed by atoms with Crippen molar-refractivity contribution in [3.05, 3.63) is 70.6 Å². The van der Waals surface area contributed by atoms with Gasteiger partial charge < -0.3 is 14.2 Å². The Morgan fingerprint density at radius 3 is 2.43 bits per heavy atom. The zero-order valence-electron chi connectivity index (χ0n) is 14.6. The van der Waals surface area contributed by atoms with Crippen molar-refractivity contribution < 1.29 is 27.4 Å². The fourth-order valence-electron chi connectivity index (χ4n) is 3.00. The Hall–Kier alpha value is -3.42. The summed E-state index contributed by atoms with van der Waals surface area (Å²) in [5, 5.41) is 0. The molecule has 1 aliphatic heterocycles. The first kappa shape index (κ1) is 18.0. The molecule has 8 heteroatoms. The maximum atomic E-state index is 12.4. The Labute approximate surface area is 157 Å². The topological polar surface area (TPSA) is 49.7 Å². The second-order valence-electron chi connectivity index (χ2n) is 6.19. The summed E-state index contributed by atoms with van der Waals surface area (Å²) in [6.45, 7) is 1.97. The van der Waals surface area contributed by atoms with Gasteiger partial charge in [-0.1, -0.05) is 6.07 Å².